The second-order valence-electron chi connectivity index (χ2n) is 4.66. The molecule has 1 heterocycles. The van der Waals surface area contributed by atoms with Crippen molar-refractivity contribution in [3.8, 4) is 5.75 Å². The van der Waals surface area contributed by atoms with Crippen LogP contribution in [0.2, 0.25) is 0 Å². The van der Waals surface area contributed by atoms with Crippen LogP contribution in [0.15, 0.2) is 18.2 Å². The normalized spacial score (nSPS) is 16.0. The topological polar surface area (TPSA) is 72.7 Å². The average Bonchev–Trinajstić information content (AvgIpc) is 2.91. The summed E-state index contributed by atoms with van der Waals surface area (Å²) in [6.45, 7) is 3.00. The van der Waals surface area contributed by atoms with Crippen LogP contribution in [0.25, 0.3) is 0 Å². The zero-order valence-electron chi connectivity index (χ0n) is 11.0. The van der Waals surface area contributed by atoms with E-state index in [0.717, 1.165) is 25.0 Å². The number of nitro benzene ring substituents is 1. The van der Waals surface area contributed by atoms with E-state index >= 15 is 0 Å². The van der Waals surface area contributed by atoms with E-state index in [1.54, 1.807) is 11.8 Å². The fourth-order valence-electron chi connectivity index (χ4n) is 2.16. The number of hydrogen-bond acceptors (Lipinski definition) is 4. The SMILES string of the molecule is CC(Oc1ccc([N+](=O)[O-])c(F)c1)C(=O)N1CCCC1. The van der Waals surface area contributed by atoms with Gasteiger partial charge in [0.25, 0.3) is 5.91 Å². The third-order valence-electron chi connectivity index (χ3n) is 3.19. The number of carbonyl (C=O) groups is 1. The Kier molecular flexibility index (Phi) is 4.16. The van der Waals surface area contributed by atoms with Crippen molar-refractivity contribution in [2.45, 2.75) is 25.9 Å². The molecule has 0 saturated carbocycles. The maximum atomic E-state index is 13.4. The van der Waals surface area contributed by atoms with Crippen LogP contribution in [-0.2, 0) is 4.79 Å². The molecular weight excluding hydrogens is 267 g/mol. The predicted octanol–water partition coefficient (Wildman–Crippen LogP) is 2.12. The molecular formula is C13H15FN2O4. The molecule has 2 rings (SSSR count). The summed E-state index contributed by atoms with van der Waals surface area (Å²) in [7, 11) is 0. The maximum absolute atomic E-state index is 13.4. The van der Waals surface area contributed by atoms with Gasteiger partial charge >= 0.3 is 5.69 Å². The summed E-state index contributed by atoms with van der Waals surface area (Å²) in [6.07, 6.45) is 1.21. The highest BCUT2D eigenvalue weighted by molar-refractivity contribution is 5.81. The van der Waals surface area contributed by atoms with E-state index in [1.165, 1.54) is 6.07 Å². The summed E-state index contributed by atoms with van der Waals surface area (Å²) in [5, 5.41) is 10.5. The number of rotatable bonds is 4. The number of likely N-dealkylation sites (tertiary alicyclic amines) is 1. The molecule has 1 aromatic rings. The van der Waals surface area contributed by atoms with Crippen molar-refractivity contribution in [1.29, 1.82) is 0 Å². The van der Waals surface area contributed by atoms with Crippen molar-refractivity contribution in [3.05, 3.63) is 34.1 Å². The van der Waals surface area contributed by atoms with Gasteiger partial charge in [0, 0.05) is 25.2 Å². The Bertz CT molecular complexity index is 529. The number of hydrogen-bond donors (Lipinski definition) is 0. The van der Waals surface area contributed by atoms with Crippen molar-refractivity contribution < 1.29 is 18.8 Å². The molecule has 1 amide bonds. The fraction of sp³-hybridized carbons (Fsp3) is 0.462. The van der Waals surface area contributed by atoms with Crippen LogP contribution in [0.3, 0.4) is 0 Å². The second kappa shape index (κ2) is 5.85. The van der Waals surface area contributed by atoms with Crippen molar-refractivity contribution in [2.75, 3.05) is 13.1 Å². The van der Waals surface area contributed by atoms with Gasteiger partial charge in [-0.1, -0.05) is 0 Å². The minimum atomic E-state index is -0.978. The predicted molar refractivity (Wildman–Crippen MR) is 69.0 cm³/mol. The van der Waals surface area contributed by atoms with E-state index in [-0.39, 0.29) is 11.7 Å². The van der Waals surface area contributed by atoms with E-state index < -0.39 is 22.5 Å². The van der Waals surface area contributed by atoms with Crippen molar-refractivity contribution in [2.24, 2.45) is 0 Å². The number of ether oxygens (including phenoxy) is 1. The molecule has 1 aliphatic rings. The summed E-state index contributed by atoms with van der Waals surface area (Å²) in [4.78, 5) is 23.4. The Morgan fingerprint density at radius 3 is 2.65 bits per heavy atom. The van der Waals surface area contributed by atoms with Crippen LogP contribution >= 0.6 is 0 Å². The number of nitro groups is 1. The molecule has 7 heteroatoms. The van der Waals surface area contributed by atoms with Gasteiger partial charge in [0.2, 0.25) is 5.82 Å². The van der Waals surface area contributed by atoms with Gasteiger partial charge in [-0.2, -0.15) is 4.39 Å². The first-order chi connectivity index (χ1) is 9.49. The lowest BCUT2D eigenvalue weighted by Gasteiger charge is -2.21. The van der Waals surface area contributed by atoms with E-state index in [0.29, 0.717) is 13.1 Å². The fourth-order valence-corrected chi connectivity index (χ4v) is 2.16. The Morgan fingerprint density at radius 1 is 1.45 bits per heavy atom. The zero-order chi connectivity index (χ0) is 14.7. The monoisotopic (exact) mass is 282 g/mol. The smallest absolute Gasteiger partial charge is 0.305 e. The summed E-state index contributed by atoms with van der Waals surface area (Å²) < 4.78 is 18.8. The minimum Gasteiger partial charge on any atom is -0.481 e. The Hall–Kier alpha value is -2.18. The van der Waals surface area contributed by atoms with Crippen molar-refractivity contribution in [1.82, 2.24) is 4.90 Å². The zero-order valence-corrected chi connectivity index (χ0v) is 11.0. The van der Waals surface area contributed by atoms with Crippen LogP contribution in [0.1, 0.15) is 19.8 Å². The molecule has 0 radical (unpaired) electrons. The molecule has 1 aliphatic heterocycles. The number of benzene rings is 1. The minimum absolute atomic E-state index is 0.105. The lowest BCUT2D eigenvalue weighted by Crippen LogP contribution is -2.38. The number of carbonyl (C=O) groups excluding carboxylic acids is 1. The first kappa shape index (κ1) is 14.2. The van der Waals surface area contributed by atoms with E-state index in [2.05, 4.69) is 0 Å². The van der Waals surface area contributed by atoms with Crippen LogP contribution in [0.4, 0.5) is 10.1 Å². The highest BCUT2D eigenvalue weighted by atomic mass is 19.1. The Morgan fingerprint density at radius 2 is 2.10 bits per heavy atom. The summed E-state index contributed by atoms with van der Waals surface area (Å²) in [5.74, 6) is -1.03. The second-order valence-corrected chi connectivity index (χ2v) is 4.66. The van der Waals surface area contributed by atoms with Gasteiger partial charge < -0.3 is 9.64 Å². The van der Waals surface area contributed by atoms with Gasteiger partial charge in [-0.25, -0.2) is 0 Å². The first-order valence-electron chi connectivity index (χ1n) is 6.38. The molecule has 1 atom stereocenters. The third kappa shape index (κ3) is 3.04. The van der Waals surface area contributed by atoms with Gasteiger partial charge in [0.1, 0.15) is 5.75 Å². The summed E-state index contributed by atoms with van der Waals surface area (Å²) in [5.41, 5.74) is -0.615. The standard InChI is InChI=1S/C13H15FN2O4/c1-9(13(17)15-6-2-3-7-15)20-10-4-5-12(16(18)19)11(14)8-10/h4-5,8-9H,2-3,6-7H2,1H3. The molecule has 1 unspecified atom stereocenters. The van der Waals surface area contributed by atoms with Crippen LogP contribution in [0, 0.1) is 15.9 Å². The number of amides is 1. The lowest BCUT2D eigenvalue weighted by atomic mass is 10.3. The Labute approximate surface area is 115 Å². The highest BCUT2D eigenvalue weighted by Gasteiger charge is 2.25. The molecule has 0 spiro atoms. The molecule has 0 N–H and O–H groups in total. The van der Waals surface area contributed by atoms with Gasteiger partial charge in [-0.15, -0.1) is 0 Å². The summed E-state index contributed by atoms with van der Waals surface area (Å²) >= 11 is 0. The molecule has 0 aliphatic carbocycles. The first-order valence-corrected chi connectivity index (χ1v) is 6.38. The lowest BCUT2D eigenvalue weighted by molar-refractivity contribution is -0.387. The van der Waals surface area contributed by atoms with Gasteiger partial charge in [0.15, 0.2) is 6.10 Å². The molecule has 0 aromatic heterocycles. The molecule has 6 nitrogen and oxygen atoms in total. The average molecular weight is 282 g/mol. The molecule has 1 fully saturated rings. The Balaban J connectivity index is 2.04. The largest absolute Gasteiger partial charge is 0.481 e. The molecule has 1 saturated heterocycles. The third-order valence-corrected chi connectivity index (χ3v) is 3.19. The number of halogens is 1. The van der Waals surface area contributed by atoms with Crippen LogP contribution in [0.5, 0.6) is 5.75 Å². The quantitative estimate of drug-likeness (QED) is 0.626. The number of nitrogens with zero attached hydrogens (tertiary/aromatic N) is 2. The van der Waals surface area contributed by atoms with Gasteiger partial charge in [0.05, 0.1) is 4.92 Å². The van der Waals surface area contributed by atoms with Gasteiger partial charge in [-0.3, -0.25) is 14.9 Å². The summed E-state index contributed by atoms with van der Waals surface area (Å²) in [6, 6.07) is 3.23. The molecule has 108 valence electrons. The molecule has 1 aromatic carbocycles. The van der Waals surface area contributed by atoms with Crippen LogP contribution < -0.4 is 4.74 Å². The maximum Gasteiger partial charge on any atom is 0.305 e. The highest BCUT2D eigenvalue weighted by Crippen LogP contribution is 2.23. The molecule has 20 heavy (non-hydrogen) atoms. The van der Waals surface area contributed by atoms with E-state index in [4.69, 9.17) is 4.74 Å². The molecule has 0 bridgehead atoms. The van der Waals surface area contributed by atoms with E-state index in [1.807, 2.05) is 0 Å². The van der Waals surface area contributed by atoms with Crippen LogP contribution in [-0.4, -0.2) is 34.9 Å². The van der Waals surface area contributed by atoms with Crippen molar-refractivity contribution in [3.63, 3.8) is 0 Å². The van der Waals surface area contributed by atoms with E-state index in [9.17, 15) is 19.3 Å². The van der Waals surface area contributed by atoms with Crippen molar-refractivity contribution >= 4 is 11.6 Å². The van der Waals surface area contributed by atoms with Gasteiger partial charge in [-0.05, 0) is 25.8 Å².